The third-order valence-corrected chi connectivity index (χ3v) is 5.41. The fourth-order valence-corrected chi connectivity index (χ4v) is 3.73. The molecule has 0 spiro atoms. The maximum absolute atomic E-state index is 6.01. The van der Waals surface area contributed by atoms with Gasteiger partial charge in [-0.1, -0.05) is 0 Å². The van der Waals surface area contributed by atoms with Crippen LogP contribution in [-0.4, -0.2) is 135 Å². The molecule has 9 heteroatoms. The van der Waals surface area contributed by atoms with Crippen molar-refractivity contribution in [3.63, 3.8) is 0 Å². The average molecular weight is 386 g/mol. The van der Waals surface area contributed by atoms with Gasteiger partial charge in [-0.2, -0.15) is 0 Å². The van der Waals surface area contributed by atoms with Gasteiger partial charge in [0.05, 0.1) is 19.2 Å². The van der Waals surface area contributed by atoms with Crippen LogP contribution < -0.4 is 10.6 Å². The predicted molar refractivity (Wildman–Crippen MR) is 109 cm³/mol. The number of hydrogen-bond acceptors (Lipinski definition) is 8. The molecule has 2 heterocycles. The molecular weight excluding hydrogens is 347 g/mol. The standard InChI is InChI=1S/C18H39BN4O4/c1-22-9-11-23(12-10-22)8-6-20-4-5-21-7-13-26-17-16(25-3)15(14-24-2)27-18(17)19/h15-18,20-21H,4-14,19H2,1-3H3/t15-,16?,17+,18-/m1/s1. The Hall–Kier alpha value is -0.255. The van der Waals surface area contributed by atoms with Crippen LogP contribution in [0.15, 0.2) is 0 Å². The third kappa shape index (κ3) is 7.94. The lowest BCUT2D eigenvalue weighted by molar-refractivity contribution is -0.0550. The molecule has 2 fully saturated rings. The first-order chi connectivity index (χ1) is 13.2. The van der Waals surface area contributed by atoms with E-state index in [2.05, 4.69) is 27.5 Å². The molecule has 0 aromatic carbocycles. The summed E-state index contributed by atoms with van der Waals surface area (Å²) in [7, 11) is 7.61. The third-order valence-electron chi connectivity index (χ3n) is 5.41. The van der Waals surface area contributed by atoms with Crippen molar-refractivity contribution in [3.05, 3.63) is 0 Å². The highest BCUT2D eigenvalue weighted by molar-refractivity contribution is 6.11. The van der Waals surface area contributed by atoms with Crippen LogP contribution in [0.5, 0.6) is 0 Å². The molecule has 0 bridgehead atoms. The summed E-state index contributed by atoms with van der Waals surface area (Å²) in [6.45, 7) is 10.9. The number of hydrogen-bond donors (Lipinski definition) is 2. The first-order valence-electron chi connectivity index (χ1n) is 10.3. The molecule has 0 aromatic heterocycles. The molecule has 0 aromatic rings. The molecule has 8 nitrogen and oxygen atoms in total. The molecule has 2 aliphatic heterocycles. The highest BCUT2D eigenvalue weighted by Crippen LogP contribution is 2.24. The average Bonchev–Trinajstić information content (AvgIpc) is 2.96. The lowest BCUT2D eigenvalue weighted by atomic mass is 9.93. The SMILES string of the molecule is B[C@@H]1O[C@H](COC)C(OC)[C@@H]1OCCNCCNCCN1CCN(C)CC1. The number of methoxy groups -OCH3 is 2. The Labute approximate surface area is 165 Å². The molecule has 4 atom stereocenters. The van der Waals surface area contributed by atoms with Gasteiger partial charge in [-0.3, -0.25) is 4.90 Å². The summed E-state index contributed by atoms with van der Waals surface area (Å²) < 4.78 is 22.7. The lowest BCUT2D eigenvalue weighted by Crippen LogP contribution is -2.46. The van der Waals surface area contributed by atoms with Gasteiger partial charge in [0.15, 0.2) is 0 Å². The van der Waals surface area contributed by atoms with Gasteiger partial charge in [0.2, 0.25) is 0 Å². The normalized spacial score (nSPS) is 30.2. The molecule has 2 saturated heterocycles. The van der Waals surface area contributed by atoms with Gasteiger partial charge in [-0.15, -0.1) is 0 Å². The van der Waals surface area contributed by atoms with E-state index in [1.54, 1.807) is 14.2 Å². The molecule has 27 heavy (non-hydrogen) atoms. The molecule has 2 aliphatic rings. The molecule has 0 saturated carbocycles. The van der Waals surface area contributed by atoms with E-state index in [-0.39, 0.29) is 24.3 Å². The van der Waals surface area contributed by atoms with E-state index in [0.29, 0.717) is 13.2 Å². The van der Waals surface area contributed by atoms with Crippen LogP contribution in [0.25, 0.3) is 0 Å². The summed E-state index contributed by atoms with van der Waals surface area (Å²) in [5, 5.41) is 6.93. The summed E-state index contributed by atoms with van der Waals surface area (Å²) in [6, 6.07) is 0.0198. The fraction of sp³-hybridized carbons (Fsp3) is 1.00. The van der Waals surface area contributed by atoms with E-state index < -0.39 is 0 Å². The number of likely N-dealkylation sites (N-methyl/N-ethyl adjacent to an activating group) is 1. The summed E-state index contributed by atoms with van der Waals surface area (Å²) in [6.07, 6.45) is -0.174. The Bertz CT molecular complexity index is 388. The Balaban J connectivity index is 1.45. The minimum atomic E-state index is -0.0730. The summed E-state index contributed by atoms with van der Waals surface area (Å²) in [4.78, 5) is 4.92. The monoisotopic (exact) mass is 386 g/mol. The Morgan fingerprint density at radius 2 is 1.70 bits per heavy atom. The zero-order chi connectivity index (χ0) is 19.5. The molecule has 0 aliphatic carbocycles. The van der Waals surface area contributed by atoms with E-state index in [9.17, 15) is 0 Å². The minimum Gasteiger partial charge on any atom is -0.382 e. The van der Waals surface area contributed by atoms with Crippen molar-refractivity contribution in [1.29, 1.82) is 0 Å². The van der Waals surface area contributed by atoms with Gasteiger partial charge >= 0.3 is 0 Å². The van der Waals surface area contributed by atoms with Gasteiger partial charge < -0.3 is 34.5 Å². The van der Waals surface area contributed by atoms with E-state index >= 15 is 0 Å². The summed E-state index contributed by atoms with van der Waals surface area (Å²) >= 11 is 0. The molecule has 1 unspecified atom stereocenters. The highest BCUT2D eigenvalue weighted by atomic mass is 16.6. The van der Waals surface area contributed by atoms with Crippen LogP contribution in [0, 0.1) is 0 Å². The van der Waals surface area contributed by atoms with Crippen molar-refractivity contribution >= 4 is 7.85 Å². The molecule has 2 N–H and O–H groups in total. The van der Waals surface area contributed by atoms with Crippen molar-refractivity contribution in [3.8, 4) is 0 Å². The van der Waals surface area contributed by atoms with Crippen LogP contribution in [0.3, 0.4) is 0 Å². The van der Waals surface area contributed by atoms with E-state index in [1.165, 1.54) is 26.2 Å². The number of nitrogens with zero attached hydrogens (tertiary/aromatic N) is 2. The van der Waals surface area contributed by atoms with E-state index in [0.717, 1.165) is 32.7 Å². The number of rotatable bonds is 13. The topological polar surface area (TPSA) is 67.5 Å². The van der Waals surface area contributed by atoms with Crippen molar-refractivity contribution < 1.29 is 18.9 Å². The molecule has 0 radical (unpaired) electrons. The van der Waals surface area contributed by atoms with Crippen molar-refractivity contribution in [2.75, 3.05) is 93.4 Å². The van der Waals surface area contributed by atoms with Gasteiger partial charge in [0.25, 0.3) is 0 Å². The second-order valence-corrected chi connectivity index (χ2v) is 7.52. The molecular formula is C18H39BN4O4. The first-order valence-corrected chi connectivity index (χ1v) is 10.3. The minimum absolute atomic E-state index is 0.0198. The van der Waals surface area contributed by atoms with Gasteiger partial charge in [0.1, 0.15) is 26.2 Å². The molecule has 2 rings (SSSR count). The van der Waals surface area contributed by atoms with E-state index in [4.69, 9.17) is 18.9 Å². The maximum Gasteiger partial charge on any atom is 0.142 e. The van der Waals surface area contributed by atoms with Crippen LogP contribution >= 0.6 is 0 Å². The van der Waals surface area contributed by atoms with Crippen LogP contribution in [-0.2, 0) is 18.9 Å². The van der Waals surface area contributed by atoms with Crippen molar-refractivity contribution in [2.24, 2.45) is 0 Å². The van der Waals surface area contributed by atoms with Gasteiger partial charge in [-0.25, -0.2) is 0 Å². The maximum atomic E-state index is 6.01. The quantitative estimate of drug-likeness (QED) is 0.274. The van der Waals surface area contributed by atoms with Crippen LogP contribution in [0.2, 0.25) is 0 Å². The van der Waals surface area contributed by atoms with E-state index in [1.807, 2.05) is 7.85 Å². The van der Waals surface area contributed by atoms with Crippen molar-refractivity contribution in [2.45, 2.75) is 24.3 Å². The predicted octanol–water partition coefficient (Wildman–Crippen LogP) is -2.18. The van der Waals surface area contributed by atoms with Crippen molar-refractivity contribution in [1.82, 2.24) is 20.4 Å². The second-order valence-electron chi connectivity index (χ2n) is 7.52. The number of ether oxygens (including phenoxy) is 4. The smallest absolute Gasteiger partial charge is 0.142 e. The Kier molecular flexibility index (Phi) is 11.1. The Morgan fingerprint density at radius 3 is 2.37 bits per heavy atom. The number of nitrogens with one attached hydrogen (secondary N) is 2. The summed E-state index contributed by atoms with van der Waals surface area (Å²) in [5.41, 5.74) is 0. The molecule has 158 valence electrons. The highest BCUT2D eigenvalue weighted by Gasteiger charge is 2.43. The largest absolute Gasteiger partial charge is 0.382 e. The molecule has 0 amide bonds. The van der Waals surface area contributed by atoms with Gasteiger partial charge in [-0.05, 0) is 7.05 Å². The first kappa shape index (κ1) is 23.0. The van der Waals surface area contributed by atoms with Gasteiger partial charge in [0, 0.05) is 73.1 Å². The zero-order valence-electron chi connectivity index (χ0n) is 17.6. The van der Waals surface area contributed by atoms with Crippen LogP contribution in [0.4, 0.5) is 0 Å². The zero-order valence-corrected chi connectivity index (χ0v) is 17.6. The fourth-order valence-electron chi connectivity index (χ4n) is 3.73. The second kappa shape index (κ2) is 13.1. The van der Waals surface area contributed by atoms with Crippen LogP contribution in [0.1, 0.15) is 0 Å². The Morgan fingerprint density at radius 1 is 1.00 bits per heavy atom. The lowest BCUT2D eigenvalue weighted by Gasteiger charge is -2.32. The summed E-state index contributed by atoms with van der Waals surface area (Å²) in [5.74, 6) is 0. The number of piperazine rings is 1.